The number of rotatable bonds is 8. The van der Waals surface area contributed by atoms with Crippen molar-refractivity contribution in [1.29, 1.82) is 0 Å². The number of hydrogen-bond donors (Lipinski definition) is 2. The Balaban J connectivity index is 0.00000392. The molecule has 0 bridgehead atoms. The molecule has 0 saturated carbocycles. The van der Waals surface area contributed by atoms with E-state index in [9.17, 15) is 18.0 Å². The Hall–Kier alpha value is -2.13. The van der Waals surface area contributed by atoms with Gasteiger partial charge in [-0.05, 0) is 31.0 Å². The Kier molecular flexibility index (Phi) is 8.90. The van der Waals surface area contributed by atoms with E-state index < -0.39 is 11.7 Å². The first-order valence-electron chi connectivity index (χ1n) is 8.86. The molecule has 0 aliphatic heterocycles. The number of carbonyl (C=O) groups excluding carboxylic acids is 1. The number of hydrogen-bond acceptors (Lipinski definition) is 4. The van der Waals surface area contributed by atoms with Gasteiger partial charge in [0.25, 0.3) is 5.91 Å². The molecule has 156 valence electrons. The number of halogens is 4. The summed E-state index contributed by atoms with van der Waals surface area (Å²) in [5, 5.41) is 10.2. The van der Waals surface area contributed by atoms with Crippen molar-refractivity contribution >= 4 is 18.3 Å². The third-order valence-corrected chi connectivity index (χ3v) is 3.90. The highest BCUT2D eigenvalue weighted by Crippen LogP contribution is 2.29. The van der Waals surface area contributed by atoms with Crippen molar-refractivity contribution in [3.05, 3.63) is 41.3 Å². The molecule has 0 spiro atoms. The zero-order valence-electron chi connectivity index (χ0n) is 16.0. The lowest BCUT2D eigenvalue weighted by atomic mass is 10.1. The molecule has 6 nitrogen and oxygen atoms in total. The van der Waals surface area contributed by atoms with Gasteiger partial charge in [-0.15, -0.1) is 12.4 Å². The van der Waals surface area contributed by atoms with Crippen molar-refractivity contribution in [3.8, 4) is 5.82 Å². The van der Waals surface area contributed by atoms with Crippen LogP contribution < -0.4 is 10.6 Å². The molecule has 0 saturated heterocycles. The summed E-state index contributed by atoms with van der Waals surface area (Å²) in [7, 11) is 0. The van der Waals surface area contributed by atoms with Crippen LogP contribution in [0.5, 0.6) is 0 Å². The average molecular weight is 420 g/mol. The molecule has 2 rings (SSSR count). The molecule has 0 aromatic carbocycles. The molecular formula is C18H25ClF3N5O. The van der Waals surface area contributed by atoms with Gasteiger partial charge in [0, 0.05) is 19.3 Å². The predicted octanol–water partition coefficient (Wildman–Crippen LogP) is 3.56. The number of nitrogens with zero attached hydrogens (tertiary/aromatic N) is 3. The van der Waals surface area contributed by atoms with Gasteiger partial charge in [-0.2, -0.15) is 18.3 Å². The summed E-state index contributed by atoms with van der Waals surface area (Å²) >= 11 is 0. The average Bonchev–Trinajstić information content (AvgIpc) is 3.06. The van der Waals surface area contributed by atoms with Gasteiger partial charge in [0.15, 0.2) is 5.82 Å². The van der Waals surface area contributed by atoms with Crippen molar-refractivity contribution in [3.63, 3.8) is 0 Å². The molecule has 28 heavy (non-hydrogen) atoms. The molecule has 2 heterocycles. The third-order valence-electron chi connectivity index (χ3n) is 3.90. The second-order valence-corrected chi connectivity index (χ2v) is 6.42. The van der Waals surface area contributed by atoms with Crippen LogP contribution in [0.1, 0.15) is 54.7 Å². The number of nitrogens with one attached hydrogen (secondary N) is 2. The van der Waals surface area contributed by atoms with Gasteiger partial charge in [0.1, 0.15) is 0 Å². The third kappa shape index (κ3) is 5.93. The Morgan fingerprint density at radius 3 is 2.43 bits per heavy atom. The van der Waals surface area contributed by atoms with Crippen LogP contribution in [-0.2, 0) is 6.18 Å². The molecule has 2 aromatic rings. The van der Waals surface area contributed by atoms with Crippen LogP contribution >= 0.6 is 12.4 Å². The van der Waals surface area contributed by atoms with Gasteiger partial charge in [-0.3, -0.25) is 4.79 Å². The molecular weight excluding hydrogens is 395 g/mol. The summed E-state index contributed by atoms with van der Waals surface area (Å²) in [5.41, 5.74) is 0.158. The van der Waals surface area contributed by atoms with Gasteiger partial charge in [0.05, 0.1) is 23.0 Å². The summed E-state index contributed by atoms with van der Waals surface area (Å²) in [5.74, 6) is -0.110. The van der Waals surface area contributed by atoms with E-state index in [1.165, 1.54) is 16.9 Å². The van der Waals surface area contributed by atoms with Crippen molar-refractivity contribution in [2.45, 2.75) is 39.3 Å². The number of pyridine rings is 1. The highest BCUT2D eigenvalue weighted by atomic mass is 35.5. The molecule has 1 amide bonds. The quantitative estimate of drug-likeness (QED) is 0.642. The summed E-state index contributed by atoms with van der Waals surface area (Å²) in [6, 6.07) is 2.20. The van der Waals surface area contributed by atoms with Crippen LogP contribution in [0.15, 0.2) is 24.5 Å². The normalized spacial score (nSPS) is 11.4. The molecule has 0 unspecified atom stereocenters. The lowest BCUT2D eigenvalue weighted by Crippen LogP contribution is -2.32. The monoisotopic (exact) mass is 419 g/mol. The van der Waals surface area contributed by atoms with Crippen molar-refractivity contribution in [2.75, 3.05) is 19.6 Å². The standard InChI is InChI=1S/C18H24F3N5O.ClH/c1-4-7-22-8-9-23-17(27)14-11-25-26(16(14)12(2)3)15-6-5-13(10-24-15)18(19,20)21;/h5-6,10-12,22H,4,7-9H2,1-3H3,(H,23,27);1H. The van der Waals surface area contributed by atoms with Gasteiger partial charge in [0.2, 0.25) is 0 Å². The molecule has 2 N–H and O–H groups in total. The Labute approximate surface area is 168 Å². The van der Waals surface area contributed by atoms with E-state index >= 15 is 0 Å². The van der Waals surface area contributed by atoms with Crippen LogP contribution in [0.25, 0.3) is 5.82 Å². The molecule has 0 aliphatic carbocycles. The van der Waals surface area contributed by atoms with E-state index in [1.54, 1.807) is 0 Å². The Bertz CT molecular complexity index is 760. The fraction of sp³-hybridized carbons (Fsp3) is 0.500. The van der Waals surface area contributed by atoms with E-state index in [0.29, 0.717) is 24.3 Å². The summed E-state index contributed by atoms with van der Waals surface area (Å²) in [6.45, 7) is 7.84. The maximum Gasteiger partial charge on any atom is 0.417 e. The number of aromatic nitrogens is 3. The number of carbonyl (C=O) groups is 1. The van der Waals surface area contributed by atoms with E-state index in [1.807, 2.05) is 13.8 Å². The van der Waals surface area contributed by atoms with Crippen molar-refractivity contribution < 1.29 is 18.0 Å². The summed E-state index contributed by atoms with van der Waals surface area (Å²) in [6.07, 6.45) is -1.25. The molecule has 0 aliphatic rings. The van der Waals surface area contributed by atoms with E-state index in [0.717, 1.165) is 25.2 Å². The molecule has 0 radical (unpaired) electrons. The molecule has 0 fully saturated rings. The zero-order valence-corrected chi connectivity index (χ0v) is 16.8. The smallest absolute Gasteiger partial charge is 0.351 e. The fourth-order valence-electron chi connectivity index (χ4n) is 2.61. The van der Waals surface area contributed by atoms with E-state index in [2.05, 4.69) is 27.6 Å². The lowest BCUT2D eigenvalue weighted by molar-refractivity contribution is -0.137. The SMILES string of the molecule is CCCNCCNC(=O)c1cnn(-c2ccc(C(F)(F)F)cn2)c1C(C)C.Cl. The second kappa shape index (κ2) is 10.4. The fourth-order valence-corrected chi connectivity index (χ4v) is 2.61. The zero-order chi connectivity index (χ0) is 20.0. The van der Waals surface area contributed by atoms with Crippen LogP contribution in [-0.4, -0.2) is 40.3 Å². The maximum absolute atomic E-state index is 12.7. The minimum atomic E-state index is -4.45. The van der Waals surface area contributed by atoms with E-state index in [4.69, 9.17) is 0 Å². The minimum absolute atomic E-state index is 0. The Morgan fingerprint density at radius 2 is 1.89 bits per heavy atom. The van der Waals surface area contributed by atoms with Crippen molar-refractivity contribution in [1.82, 2.24) is 25.4 Å². The van der Waals surface area contributed by atoms with Crippen LogP contribution in [0.3, 0.4) is 0 Å². The van der Waals surface area contributed by atoms with Gasteiger partial charge in [-0.1, -0.05) is 20.8 Å². The molecule has 10 heteroatoms. The number of amides is 1. The molecule has 2 aromatic heterocycles. The molecule has 0 atom stereocenters. The van der Waals surface area contributed by atoms with E-state index in [-0.39, 0.29) is 30.0 Å². The first kappa shape index (κ1) is 23.9. The topological polar surface area (TPSA) is 71.8 Å². The van der Waals surface area contributed by atoms with Gasteiger partial charge >= 0.3 is 6.18 Å². The highest BCUT2D eigenvalue weighted by Gasteiger charge is 2.31. The van der Waals surface area contributed by atoms with Gasteiger partial charge in [-0.25, -0.2) is 9.67 Å². The number of alkyl halides is 3. The van der Waals surface area contributed by atoms with Crippen molar-refractivity contribution in [2.24, 2.45) is 0 Å². The first-order chi connectivity index (χ1) is 12.8. The maximum atomic E-state index is 12.7. The Morgan fingerprint density at radius 1 is 1.18 bits per heavy atom. The lowest BCUT2D eigenvalue weighted by Gasteiger charge is -2.13. The van der Waals surface area contributed by atoms with Crippen LogP contribution in [0, 0.1) is 0 Å². The minimum Gasteiger partial charge on any atom is -0.351 e. The van der Waals surface area contributed by atoms with Crippen LogP contribution in [0.2, 0.25) is 0 Å². The highest BCUT2D eigenvalue weighted by molar-refractivity contribution is 5.95. The largest absolute Gasteiger partial charge is 0.417 e. The summed E-state index contributed by atoms with van der Waals surface area (Å²) < 4.78 is 39.6. The second-order valence-electron chi connectivity index (χ2n) is 6.42. The predicted molar refractivity (Wildman–Crippen MR) is 103 cm³/mol. The first-order valence-corrected chi connectivity index (χ1v) is 8.86. The van der Waals surface area contributed by atoms with Crippen LogP contribution in [0.4, 0.5) is 13.2 Å². The van der Waals surface area contributed by atoms with Gasteiger partial charge < -0.3 is 10.6 Å². The summed E-state index contributed by atoms with van der Waals surface area (Å²) in [4.78, 5) is 16.3.